The topological polar surface area (TPSA) is 76.7 Å². The maximum Gasteiger partial charge on any atom is 0.226 e. The van der Waals surface area contributed by atoms with E-state index in [4.69, 9.17) is 4.42 Å². The van der Waals surface area contributed by atoms with Crippen LogP contribution in [0, 0.1) is 13.8 Å². The Morgan fingerprint density at radius 2 is 2.04 bits per heavy atom. The van der Waals surface area contributed by atoms with Crippen molar-refractivity contribution in [3.05, 3.63) is 41.1 Å². The summed E-state index contributed by atoms with van der Waals surface area (Å²) in [5, 5.41) is 20.4. The first-order valence-electron chi connectivity index (χ1n) is 7.26. The second kappa shape index (κ2) is 7.10. The summed E-state index contributed by atoms with van der Waals surface area (Å²) >= 11 is 3.06. The Bertz CT molecular complexity index is 799. The van der Waals surface area contributed by atoms with Gasteiger partial charge >= 0.3 is 0 Å². The molecule has 0 fully saturated rings. The van der Waals surface area contributed by atoms with Crippen molar-refractivity contribution in [2.45, 2.75) is 37.3 Å². The summed E-state index contributed by atoms with van der Waals surface area (Å²) in [6.07, 6.45) is 0.973. The van der Waals surface area contributed by atoms with Crippen LogP contribution in [0.3, 0.4) is 0 Å². The van der Waals surface area contributed by atoms with Gasteiger partial charge in [0.05, 0.1) is 5.75 Å². The third-order valence-corrected chi connectivity index (χ3v) is 5.22. The Kier molecular flexibility index (Phi) is 4.92. The maximum atomic E-state index is 5.35. The Hall–Kier alpha value is -1.93. The first-order valence-corrected chi connectivity index (χ1v) is 9.06. The Balaban J connectivity index is 1.68. The molecule has 0 saturated carbocycles. The summed E-state index contributed by atoms with van der Waals surface area (Å²) in [5.74, 6) is 1.77. The number of para-hydroxylation sites is 1. The smallest absolute Gasteiger partial charge is 0.226 e. The number of hydrogen-bond acceptors (Lipinski definition) is 8. The molecule has 3 rings (SSSR count). The summed E-state index contributed by atoms with van der Waals surface area (Å²) in [6.45, 7) is 6.02. The molecule has 23 heavy (non-hydrogen) atoms. The second-order valence-electron chi connectivity index (χ2n) is 4.96. The molecule has 0 bridgehead atoms. The largest absolute Gasteiger partial charge is 0.425 e. The van der Waals surface area contributed by atoms with E-state index in [2.05, 4.69) is 57.8 Å². The van der Waals surface area contributed by atoms with Crippen molar-refractivity contribution in [1.82, 2.24) is 20.4 Å². The molecule has 1 aromatic carbocycles. The zero-order valence-electron chi connectivity index (χ0n) is 13.2. The molecule has 8 heteroatoms. The number of aromatic nitrogens is 4. The van der Waals surface area contributed by atoms with Crippen molar-refractivity contribution in [3.8, 4) is 0 Å². The summed E-state index contributed by atoms with van der Waals surface area (Å²) in [6, 6.07) is 6.30. The number of nitrogens with one attached hydrogen (secondary N) is 1. The van der Waals surface area contributed by atoms with Crippen molar-refractivity contribution in [1.29, 1.82) is 0 Å². The maximum absolute atomic E-state index is 5.35. The molecule has 0 radical (unpaired) electrons. The van der Waals surface area contributed by atoms with Crippen LogP contribution >= 0.6 is 23.1 Å². The quantitative estimate of drug-likeness (QED) is 0.672. The van der Waals surface area contributed by atoms with Gasteiger partial charge in [-0.3, -0.25) is 0 Å². The SMILES string of the molecule is CCc1cccc(C)c1Nc1nnc(SCc2nnc(C)o2)s1. The molecule has 0 aliphatic heterocycles. The fourth-order valence-electron chi connectivity index (χ4n) is 2.15. The van der Waals surface area contributed by atoms with Crippen LogP contribution in [-0.2, 0) is 12.2 Å². The molecule has 0 aliphatic carbocycles. The van der Waals surface area contributed by atoms with Crippen LogP contribution in [0.25, 0.3) is 0 Å². The van der Waals surface area contributed by atoms with Crippen LogP contribution in [0.15, 0.2) is 27.0 Å². The standard InChI is InChI=1S/C15H17N5OS2/c1-4-11-7-5-6-9(2)13(11)16-14-19-20-15(23-14)22-8-12-18-17-10(3)21-12/h5-7H,4,8H2,1-3H3,(H,16,19). The van der Waals surface area contributed by atoms with E-state index in [0.29, 0.717) is 17.5 Å². The second-order valence-corrected chi connectivity index (χ2v) is 7.16. The van der Waals surface area contributed by atoms with Gasteiger partial charge in [-0.2, -0.15) is 0 Å². The van der Waals surface area contributed by atoms with Gasteiger partial charge in [-0.15, -0.1) is 20.4 Å². The van der Waals surface area contributed by atoms with E-state index in [1.54, 1.807) is 18.7 Å². The number of aryl methyl sites for hydroxylation is 3. The number of rotatable bonds is 6. The van der Waals surface area contributed by atoms with Crippen molar-refractivity contribution >= 4 is 33.9 Å². The minimum atomic E-state index is 0.576. The number of hydrogen-bond donors (Lipinski definition) is 1. The fourth-order valence-corrected chi connectivity index (χ4v) is 3.74. The van der Waals surface area contributed by atoms with Gasteiger partial charge in [0.1, 0.15) is 0 Å². The molecular formula is C15H17N5OS2. The third-order valence-electron chi connectivity index (χ3n) is 3.27. The molecule has 2 heterocycles. The predicted octanol–water partition coefficient (Wildman–Crippen LogP) is 4.14. The Morgan fingerprint density at radius 3 is 2.78 bits per heavy atom. The molecule has 0 atom stereocenters. The minimum absolute atomic E-state index is 0.576. The van der Waals surface area contributed by atoms with E-state index < -0.39 is 0 Å². The van der Waals surface area contributed by atoms with Gasteiger partial charge in [-0.1, -0.05) is 48.2 Å². The highest BCUT2D eigenvalue weighted by Crippen LogP contribution is 2.31. The first-order chi connectivity index (χ1) is 11.2. The zero-order valence-corrected chi connectivity index (χ0v) is 14.8. The van der Waals surface area contributed by atoms with Gasteiger partial charge in [0, 0.05) is 12.6 Å². The average molecular weight is 347 g/mol. The monoisotopic (exact) mass is 347 g/mol. The van der Waals surface area contributed by atoms with E-state index in [1.807, 2.05) is 0 Å². The molecule has 1 N–H and O–H groups in total. The highest BCUT2D eigenvalue weighted by Gasteiger charge is 2.11. The molecule has 0 saturated heterocycles. The van der Waals surface area contributed by atoms with Crippen molar-refractivity contribution in [2.75, 3.05) is 5.32 Å². The zero-order chi connectivity index (χ0) is 16.2. The molecule has 2 aromatic heterocycles. The van der Waals surface area contributed by atoms with Crippen molar-refractivity contribution in [2.24, 2.45) is 0 Å². The average Bonchev–Trinajstić information content (AvgIpc) is 3.16. The number of anilines is 2. The predicted molar refractivity (Wildman–Crippen MR) is 92.3 cm³/mol. The number of nitrogens with zero attached hydrogens (tertiary/aromatic N) is 4. The molecule has 0 aliphatic rings. The molecule has 120 valence electrons. The van der Waals surface area contributed by atoms with Crippen LogP contribution in [0.2, 0.25) is 0 Å². The van der Waals surface area contributed by atoms with Gasteiger partial charge < -0.3 is 9.73 Å². The van der Waals surface area contributed by atoms with Crippen LogP contribution in [-0.4, -0.2) is 20.4 Å². The van der Waals surface area contributed by atoms with Crippen LogP contribution in [0.1, 0.15) is 29.8 Å². The summed E-state index contributed by atoms with van der Waals surface area (Å²) < 4.78 is 6.22. The van der Waals surface area contributed by atoms with Crippen LogP contribution in [0.5, 0.6) is 0 Å². The lowest BCUT2D eigenvalue weighted by Crippen LogP contribution is -1.97. The van der Waals surface area contributed by atoms with Gasteiger partial charge in [0.2, 0.25) is 16.9 Å². The normalized spacial score (nSPS) is 10.9. The van der Waals surface area contributed by atoms with E-state index in [9.17, 15) is 0 Å². The van der Waals surface area contributed by atoms with E-state index in [0.717, 1.165) is 21.6 Å². The van der Waals surface area contributed by atoms with E-state index in [1.165, 1.54) is 22.5 Å². The highest BCUT2D eigenvalue weighted by atomic mass is 32.2. The molecular weight excluding hydrogens is 330 g/mol. The lowest BCUT2D eigenvalue weighted by Gasteiger charge is -2.11. The summed E-state index contributed by atoms with van der Waals surface area (Å²) in [5.41, 5.74) is 3.60. The molecule has 6 nitrogen and oxygen atoms in total. The minimum Gasteiger partial charge on any atom is -0.425 e. The summed E-state index contributed by atoms with van der Waals surface area (Å²) in [7, 11) is 0. The number of thioether (sulfide) groups is 1. The highest BCUT2D eigenvalue weighted by molar-refractivity contribution is 8.00. The van der Waals surface area contributed by atoms with Gasteiger partial charge in [-0.05, 0) is 24.5 Å². The number of benzene rings is 1. The van der Waals surface area contributed by atoms with Crippen LogP contribution < -0.4 is 5.32 Å². The van der Waals surface area contributed by atoms with Crippen molar-refractivity contribution < 1.29 is 4.42 Å². The lowest BCUT2D eigenvalue weighted by molar-refractivity contribution is 0.485. The van der Waals surface area contributed by atoms with Gasteiger partial charge in [-0.25, -0.2) is 0 Å². The van der Waals surface area contributed by atoms with Gasteiger partial charge in [0.15, 0.2) is 4.34 Å². The first kappa shape index (κ1) is 15.9. The molecule has 0 unspecified atom stereocenters. The van der Waals surface area contributed by atoms with E-state index >= 15 is 0 Å². The molecule has 0 spiro atoms. The van der Waals surface area contributed by atoms with Gasteiger partial charge in [0.25, 0.3) is 0 Å². The Labute approximate surface area is 142 Å². The van der Waals surface area contributed by atoms with E-state index in [-0.39, 0.29) is 0 Å². The Morgan fingerprint density at radius 1 is 1.17 bits per heavy atom. The van der Waals surface area contributed by atoms with Crippen LogP contribution in [0.4, 0.5) is 10.8 Å². The third kappa shape index (κ3) is 3.89. The fraction of sp³-hybridized carbons (Fsp3) is 0.333. The van der Waals surface area contributed by atoms with Crippen molar-refractivity contribution in [3.63, 3.8) is 0 Å². The molecule has 0 amide bonds. The lowest BCUT2D eigenvalue weighted by atomic mass is 10.1. The molecule has 3 aromatic rings. The summed E-state index contributed by atoms with van der Waals surface area (Å²) in [4.78, 5) is 0.